The molecule has 0 aliphatic heterocycles. The van der Waals surface area contributed by atoms with E-state index in [0.717, 1.165) is 0 Å². The van der Waals surface area contributed by atoms with E-state index in [1.54, 1.807) is 0 Å². The van der Waals surface area contributed by atoms with E-state index in [1.165, 1.54) is 30.3 Å². The Labute approximate surface area is 109 Å². The predicted molar refractivity (Wildman–Crippen MR) is 67.7 cm³/mol. The fraction of sp³-hybridized carbons (Fsp3) is 0.308. The van der Waals surface area contributed by atoms with Crippen LogP contribution in [0.15, 0.2) is 30.0 Å². The monoisotopic (exact) mass is 268 g/mol. The first-order valence-corrected chi connectivity index (χ1v) is 5.56. The maximum Gasteiger partial charge on any atom is 0.335 e. The largest absolute Gasteiger partial charge is 0.511 e. The molecule has 104 valence electrons. The van der Waals surface area contributed by atoms with Crippen LogP contribution >= 0.6 is 0 Å². The van der Waals surface area contributed by atoms with Crippen molar-refractivity contribution < 1.29 is 30.3 Å². The number of carboxylic acids is 1. The highest BCUT2D eigenvalue weighted by molar-refractivity contribution is 5.87. The van der Waals surface area contributed by atoms with E-state index in [-0.39, 0.29) is 11.3 Å². The molecule has 0 saturated heterocycles. The molecule has 1 aromatic carbocycles. The summed E-state index contributed by atoms with van der Waals surface area (Å²) in [5.41, 5.74) is -0.914. The summed E-state index contributed by atoms with van der Waals surface area (Å²) in [6, 6.07) is 5.66. The van der Waals surface area contributed by atoms with Crippen LogP contribution in [0.4, 0.5) is 0 Å². The van der Waals surface area contributed by atoms with Crippen molar-refractivity contribution in [2.24, 2.45) is 5.41 Å². The van der Waals surface area contributed by atoms with E-state index in [1.807, 2.05) is 0 Å². The number of aliphatic hydroxyl groups excluding tert-OH is 4. The number of aliphatic hydroxyl groups is 4. The summed E-state index contributed by atoms with van der Waals surface area (Å²) in [7, 11) is 0. The van der Waals surface area contributed by atoms with Crippen molar-refractivity contribution in [3.8, 4) is 0 Å². The van der Waals surface area contributed by atoms with Crippen LogP contribution in [0.25, 0.3) is 6.08 Å². The molecule has 0 unspecified atom stereocenters. The van der Waals surface area contributed by atoms with Crippen molar-refractivity contribution in [3.05, 3.63) is 41.2 Å². The maximum atomic E-state index is 10.7. The number of aromatic carboxylic acids is 1. The first-order valence-electron chi connectivity index (χ1n) is 5.56. The molecule has 0 heterocycles. The fourth-order valence-corrected chi connectivity index (χ4v) is 1.43. The van der Waals surface area contributed by atoms with E-state index in [9.17, 15) is 9.90 Å². The van der Waals surface area contributed by atoms with E-state index in [0.29, 0.717) is 5.56 Å². The molecule has 0 aliphatic rings. The van der Waals surface area contributed by atoms with Gasteiger partial charge in [-0.05, 0) is 23.8 Å². The summed E-state index contributed by atoms with van der Waals surface area (Å²) in [6.45, 7) is -1.85. The van der Waals surface area contributed by atoms with E-state index in [4.69, 9.17) is 20.4 Å². The Morgan fingerprint density at radius 2 is 1.47 bits per heavy atom. The summed E-state index contributed by atoms with van der Waals surface area (Å²) >= 11 is 0. The Morgan fingerprint density at radius 1 is 1.00 bits per heavy atom. The molecule has 0 atom stereocenters. The second-order valence-corrected chi connectivity index (χ2v) is 4.21. The van der Waals surface area contributed by atoms with Crippen molar-refractivity contribution in [2.45, 2.75) is 0 Å². The number of carboxylic acid groups (broad SMARTS) is 1. The second kappa shape index (κ2) is 6.33. The molecule has 0 bridgehead atoms. The summed E-state index contributed by atoms with van der Waals surface area (Å²) in [5.74, 6) is -1.43. The minimum Gasteiger partial charge on any atom is -0.511 e. The van der Waals surface area contributed by atoms with Crippen LogP contribution in [-0.4, -0.2) is 51.3 Å². The smallest absolute Gasteiger partial charge is 0.335 e. The molecule has 1 rings (SSSR count). The molecule has 0 aliphatic carbocycles. The van der Waals surface area contributed by atoms with Gasteiger partial charge in [0.15, 0.2) is 0 Å². The maximum absolute atomic E-state index is 10.7. The fourth-order valence-electron chi connectivity index (χ4n) is 1.43. The highest BCUT2D eigenvalue weighted by Gasteiger charge is 2.33. The van der Waals surface area contributed by atoms with Gasteiger partial charge in [-0.3, -0.25) is 0 Å². The van der Waals surface area contributed by atoms with Gasteiger partial charge in [0.05, 0.1) is 30.8 Å². The summed E-state index contributed by atoms with van der Waals surface area (Å²) in [5, 5.41) is 46.0. The van der Waals surface area contributed by atoms with Crippen molar-refractivity contribution in [1.82, 2.24) is 0 Å². The van der Waals surface area contributed by atoms with Crippen molar-refractivity contribution in [2.75, 3.05) is 19.8 Å². The Balaban J connectivity index is 3.04. The van der Waals surface area contributed by atoms with Gasteiger partial charge in [-0.2, -0.15) is 0 Å². The van der Waals surface area contributed by atoms with Crippen LogP contribution in [-0.2, 0) is 0 Å². The third-order valence-electron chi connectivity index (χ3n) is 2.91. The lowest BCUT2D eigenvalue weighted by Gasteiger charge is -2.26. The summed E-state index contributed by atoms with van der Waals surface area (Å²) in [4.78, 5) is 10.7. The van der Waals surface area contributed by atoms with E-state index in [2.05, 4.69) is 0 Å². The molecule has 0 radical (unpaired) electrons. The van der Waals surface area contributed by atoms with Gasteiger partial charge < -0.3 is 25.5 Å². The van der Waals surface area contributed by atoms with Gasteiger partial charge >= 0.3 is 5.97 Å². The lowest BCUT2D eigenvalue weighted by atomic mass is 9.87. The second-order valence-electron chi connectivity index (χ2n) is 4.21. The molecule has 6 heteroatoms. The Hall–Kier alpha value is -1.89. The zero-order chi connectivity index (χ0) is 14.5. The quantitative estimate of drug-likeness (QED) is 0.472. The van der Waals surface area contributed by atoms with Crippen molar-refractivity contribution in [3.63, 3.8) is 0 Å². The number of hydrogen-bond donors (Lipinski definition) is 5. The molecule has 0 saturated carbocycles. The normalized spacial score (nSPS) is 12.5. The van der Waals surface area contributed by atoms with E-state index < -0.39 is 31.2 Å². The van der Waals surface area contributed by atoms with E-state index >= 15 is 0 Å². The van der Waals surface area contributed by atoms with Gasteiger partial charge in [0, 0.05) is 0 Å². The molecule has 0 spiro atoms. The third-order valence-corrected chi connectivity index (χ3v) is 2.91. The van der Waals surface area contributed by atoms with Gasteiger partial charge in [-0.15, -0.1) is 0 Å². The Morgan fingerprint density at radius 3 is 1.84 bits per heavy atom. The molecule has 5 N–H and O–H groups in total. The molecule has 6 nitrogen and oxygen atoms in total. The third kappa shape index (κ3) is 3.31. The van der Waals surface area contributed by atoms with Gasteiger partial charge in [-0.1, -0.05) is 12.1 Å². The highest BCUT2D eigenvalue weighted by Crippen LogP contribution is 2.25. The number of benzene rings is 1. The van der Waals surface area contributed by atoms with Gasteiger partial charge in [-0.25, -0.2) is 4.79 Å². The van der Waals surface area contributed by atoms with Gasteiger partial charge in [0.2, 0.25) is 0 Å². The molecular weight excluding hydrogens is 252 g/mol. The summed E-state index contributed by atoms with van der Waals surface area (Å²) < 4.78 is 0. The predicted octanol–water partition coefficient (Wildman–Crippen LogP) is 0.247. The molecule has 19 heavy (non-hydrogen) atoms. The van der Waals surface area contributed by atoms with Crippen LogP contribution < -0.4 is 0 Å². The van der Waals surface area contributed by atoms with Crippen LogP contribution in [0.2, 0.25) is 0 Å². The first kappa shape index (κ1) is 15.2. The van der Waals surface area contributed by atoms with Gasteiger partial charge in [0.1, 0.15) is 5.76 Å². The van der Waals surface area contributed by atoms with Crippen LogP contribution in [0.3, 0.4) is 0 Å². The molecule has 0 amide bonds. The average Bonchev–Trinajstić information content (AvgIpc) is 2.42. The van der Waals surface area contributed by atoms with Crippen molar-refractivity contribution >= 4 is 12.0 Å². The number of carbonyl (C=O) groups is 1. The molecular formula is C13H16O6. The highest BCUT2D eigenvalue weighted by atomic mass is 16.4. The lowest BCUT2D eigenvalue weighted by Crippen LogP contribution is -2.36. The first-order chi connectivity index (χ1) is 8.99. The standard InChI is InChI=1S/C13H16O6/c14-6-13(7-15,8-16)11(17)5-9-1-3-10(4-2-9)12(18)19/h1-5,14-17H,6-8H2,(H,18,19). The minimum absolute atomic E-state index is 0.106. The lowest BCUT2D eigenvalue weighted by molar-refractivity contribution is 0.00639. The topological polar surface area (TPSA) is 118 Å². The SMILES string of the molecule is O=C(O)c1ccc(C=C(O)C(CO)(CO)CO)cc1. The molecule has 0 fully saturated rings. The Kier molecular flexibility index (Phi) is 5.05. The van der Waals surface area contributed by atoms with Crippen LogP contribution in [0, 0.1) is 5.41 Å². The minimum atomic E-state index is -1.51. The molecule has 1 aromatic rings. The average molecular weight is 268 g/mol. The summed E-state index contributed by atoms with van der Waals surface area (Å²) in [6.07, 6.45) is 1.26. The van der Waals surface area contributed by atoms with Crippen LogP contribution in [0.5, 0.6) is 0 Å². The number of hydrogen-bond acceptors (Lipinski definition) is 5. The zero-order valence-corrected chi connectivity index (χ0v) is 10.2. The van der Waals surface area contributed by atoms with Gasteiger partial charge in [0.25, 0.3) is 0 Å². The number of rotatable bonds is 6. The zero-order valence-electron chi connectivity index (χ0n) is 10.2. The molecule has 0 aromatic heterocycles. The van der Waals surface area contributed by atoms with Crippen LogP contribution in [0.1, 0.15) is 15.9 Å². The van der Waals surface area contributed by atoms with Crippen molar-refractivity contribution in [1.29, 1.82) is 0 Å². The Bertz CT molecular complexity index is 450.